The summed E-state index contributed by atoms with van der Waals surface area (Å²) < 4.78 is 15.6. The predicted octanol–water partition coefficient (Wildman–Crippen LogP) is 2.48. The van der Waals surface area contributed by atoms with Crippen LogP contribution in [0.4, 0.5) is 0 Å². The minimum Gasteiger partial charge on any atom is -0.493 e. The molecule has 102 valence electrons. The van der Waals surface area contributed by atoms with Crippen molar-refractivity contribution in [3.63, 3.8) is 0 Å². The Hall–Kier alpha value is -0.970. The van der Waals surface area contributed by atoms with Crippen LogP contribution in [0.15, 0.2) is 12.1 Å². The van der Waals surface area contributed by atoms with Gasteiger partial charge in [-0.05, 0) is 24.6 Å². The molecule has 0 saturated heterocycles. The number of rotatable bonds is 7. The summed E-state index contributed by atoms with van der Waals surface area (Å²) in [6.45, 7) is 3.49. The molecule has 0 saturated carbocycles. The van der Waals surface area contributed by atoms with E-state index in [-0.39, 0.29) is 6.10 Å². The van der Waals surface area contributed by atoms with Crippen molar-refractivity contribution >= 4 is 11.6 Å². The van der Waals surface area contributed by atoms with Crippen molar-refractivity contribution < 1.29 is 14.2 Å². The quantitative estimate of drug-likeness (QED) is 0.829. The molecule has 0 heterocycles. The average molecular weight is 274 g/mol. The highest BCUT2D eigenvalue weighted by atomic mass is 35.5. The molecule has 1 aromatic carbocycles. The van der Waals surface area contributed by atoms with Gasteiger partial charge in [-0.3, -0.25) is 0 Å². The molecule has 0 radical (unpaired) electrons. The average Bonchev–Trinajstić information content (AvgIpc) is 2.37. The highest BCUT2D eigenvalue weighted by Gasteiger charge is 2.10. The molecule has 0 bridgehead atoms. The van der Waals surface area contributed by atoms with Crippen LogP contribution in [0, 0.1) is 0 Å². The van der Waals surface area contributed by atoms with Crippen LogP contribution in [0.5, 0.6) is 11.5 Å². The van der Waals surface area contributed by atoms with Crippen LogP contribution in [-0.4, -0.2) is 34.0 Å². The van der Waals surface area contributed by atoms with E-state index in [4.69, 9.17) is 25.8 Å². The molecule has 0 amide bonds. The largest absolute Gasteiger partial charge is 0.493 e. The molecule has 1 aromatic rings. The molecule has 1 unspecified atom stereocenters. The molecule has 0 spiro atoms. The van der Waals surface area contributed by atoms with Crippen LogP contribution >= 0.6 is 11.6 Å². The second-order valence-electron chi connectivity index (χ2n) is 3.99. The lowest BCUT2D eigenvalue weighted by Crippen LogP contribution is -2.25. The first-order valence-electron chi connectivity index (χ1n) is 5.76. The fourth-order valence-electron chi connectivity index (χ4n) is 1.58. The third-order valence-corrected chi connectivity index (χ3v) is 2.94. The van der Waals surface area contributed by atoms with E-state index in [1.807, 2.05) is 19.1 Å². The van der Waals surface area contributed by atoms with Gasteiger partial charge in [-0.25, -0.2) is 0 Å². The second-order valence-corrected chi connectivity index (χ2v) is 4.40. The van der Waals surface area contributed by atoms with Crippen LogP contribution < -0.4 is 14.8 Å². The van der Waals surface area contributed by atoms with E-state index in [1.165, 1.54) is 0 Å². The molecule has 0 aliphatic carbocycles. The van der Waals surface area contributed by atoms with Gasteiger partial charge in [0.1, 0.15) is 0 Å². The summed E-state index contributed by atoms with van der Waals surface area (Å²) in [5, 5.41) is 3.84. The lowest BCUT2D eigenvalue weighted by molar-refractivity contribution is 0.117. The summed E-state index contributed by atoms with van der Waals surface area (Å²) in [6, 6.07) is 3.78. The van der Waals surface area contributed by atoms with Crippen molar-refractivity contribution in [2.24, 2.45) is 0 Å². The molecule has 18 heavy (non-hydrogen) atoms. The summed E-state index contributed by atoms with van der Waals surface area (Å²) in [5.74, 6) is 1.20. The first-order chi connectivity index (χ1) is 8.62. The SMILES string of the molecule is COc1cc(CNCC(C)OC)cc(Cl)c1OC. The van der Waals surface area contributed by atoms with Crippen molar-refractivity contribution in [1.29, 1.82) is 0 Å². The second kappa shape index (κ2) is 7.46. The zero-order valence-electron chi connectivity index (χ0n) is 11.2. The normalized spacial score (nSPS) is 12.3. The summed E-state index contributed by atoms with van der Waals surface area (Å²) in [4.78, 5) is 0. The summed E-state index contributed by atoms with van der Waals surface area (Å²) in [6.07, 6.45) is 0.181. The van der Waals surface area contributed by atoms with Crippen LogP contribution in [0.1, 0.15) is 12.5 Å². The topological polar surface area (TPSA) is 39.7 Å². The summed E-state index contributed by atoms with van der Waals surface area (Å²) in [5.41, 5.74) is 1.04. The lowest BCUT2D eigenvalue weighted by Gasteiger charge is -2.13. The van der Waals surface area contributed by atoms with Gasteiger partial charge in [-0.2, -0.15) is 0 Å². The molecule has 1 rings (SSSR count). The molecule has 0 fully saturated rings. The molecular formula is C13H20ClNO3. The lowest BCUT2D eigenvalue weighted by atomic mass is 10.2. The Balaban J connectivity index is 2.69. The Labute approximate surface area is 113 Å². The number of hydrogen-bond donors (Lipinski definition) is 1. The predicted molar refractivity (Wildman–Crippen MR) is 72.7 cm³/mol. The van der Waals surface area contributed by atoms with Crippen molar-refractivity contribution in [3.8, 4) is 11.5 Å². The maximum atomic E-state index is 6.12. The minimum atomic E-state index is 0.181. The Morgan fingerprint density at radius 1 is 1.22 bits per heavy atom. The van der Waals surface area contributed by atoms with E-state index in [9.17, 15) is 0 Å². The Bertz CT molecular complexity index is 385. The van der Waals surface area contributed by atoms with Crippen molar-refractivity contribution in [2.45, 2.75) is 19.6 Å². The van der Waals surface area contributed by atoms with Crippen LogP contribution in [0.3, 0.4) is 0 Å². The number of benzene rings is 1. The van der Waals surface area contributed by atoms with E-state index >= 15 is 0 Å². The number of nitrogens with one attached hydrogen (secondary N) is 1. The van der Waals surface area contributed by atoms with Crippen LogP contribution in [-0.2, 0) is 11.3 Å². The number of halogens is 1. The van der Waals surface area contributed by atoms with Gasteiger partial charge >= 0.3 is 0 Å². The van der Waals surface area contributed by atoms with Gasteiger partial charge in [0.15, 0.2) is 11.5 Å². The Morgan fingerprint density at radius 3 is 2.50 bits per heavy atom. The first kappa shape index (κ1) is 15.1. The van der Waals surface area contributed by atoms with E-state index in [0.717, 1.165) is 12.1 Å². The van der Waals surface area contributed by atoms with Gasteiger partial charge in [0.25, 0.3) is 0 Å². The molecule has 1 atom stereocenters. The Morgan fingerprint density at radius 2 is 1.94 bits per heavy atom. The van der Waals surface area contributed by atoms with Gasteiger partial charge in [0, 0.05) is 20.2 Å². The zero-order valence-corrected chi connectivity index (χ0v) is 12.0. The van der Waals surface area contributed by atoms with Crippen LogP contribution in [0.25, 0.3) is 0 Å². The molecular weight excluding hydrogens is 254 g/mol. The molecule has 1 N–H and O–H groups in total. The molecule has 0 aliphatic heterocycles. The van der Waals surface area contributed by atoms with E-state index < -0.39 is 0 Å². The van der Waals surface area contributed by atoms with E-state index in [1.54, 1.807) is 21.3 Å². The Kier molecular flexibility index (Phi) is 6.25. The monoisotopic (exact) mass is 273 g/mol. The smallest absolute Gasteiger partial charge is 0.179 e. The van der Waals surface area contributed by atoms with Crippen molar-refractivity contribution in [2.75, 3.05) is 27.9 Å². The standard InChI is InChI=1S/C13H20ClNO3/c1-9(16-2)7-15-8-10-5-11(14)13(18-4)12(6-10)17-3/h5-6,9,15H,7-8H2,1-4H3. The summed E-state index contributed by atoms with van der Waals surface area (Å²) in [7, 11) is 4.86. The fourth-order valence-corrected chi connectivity index (χ4v) is 1.89. The van der Waals surface area contributed by atoms with Gasteiger partial charge in [0.2, 0.25) is 0 Å². The number of hydrogen-bond acceptors (Lipinski definition) is 4. The van der Waals surface area contributed by atoms with Gasteiger partial charge < -0.3 is 19.5 Å². The number of methoxy groups -OCH3 is 3. The molecule has 0 aromatic heterocycles. The highest BCUT2D eigenvalue weighted by Crippen LogP contribution is 2.35. The minimum absolute atomic E-state index is 0.181. The van der Waals surface area contributed by atoms with Gasteiger partial charge in [-0.1, -0.05) is 11.6 Å². The van der Waals surface area contributed by atoms with Crippen molar-refractivity contribution in [3.05, 3.63) is 22.7 Å². The maximum absolute atomic E-state index is 6.12. The van der Waals surface area contributed by atoms with Crippen molar-refractivity contribution in [1.82, 2.24) is 5.32 Å². The molecule has 4 nitrogen and oxygen atoms in total. The maximum Gasteiger partial charge on any atom is 0.179 e. The third-order valence-electron chi connectivity index (χ3n) is 2.66. The highest BCUT2D eigenvalue weighted by molar-refractivity contribution is 6.32. The fraction of sp³-hybridized carbons (Fsp3) is 0.538. The molecule has 5 heteroatoms. The third kappa shape index (κ3) is 4.05. The number of ether oxygens (including phenoxy) is 3. The van der Waals surface area contributed by atoms with Gasteiger partial charge in [0.05, 0.1) is 25.3 Å². The molecule has 0 aliphatic rings. The summed E-state index contributed by atoms with van der Waals surface area (Å²) >= 11 is 6.12. The zero-order chi connectivity index (χ0) is 13.5. The van der Waals surface area contributed by atoms with Gasteiger partial charge in [-0.15, -0.1) is 0 Å². The first-order valence-corrected chi connectivity index (χ1v) is 6.14. The van der Waals surface area contributed by atoms with E-state index in [0.29, 0.717) is 23.1 Å². The van der Waals surface area contributed by atoms with E-state index in [2.05, 4.69) is 5.32 Å². The van der Waals surface area contributed by atoms with Crippen LogP contribution in [0.2, 0.25) is 5.02 Å².